The van der Waals surface area contributed by atoms with E-state index in [9.17, 15) is 14.4 Å². The first-order valence-electron chi connectivity index (χ1n) is 14.8. The molecule has 0 saturated heterocycles. The Bertz CT molecular complexity index is 2080. The molecule has 10 heteroatoms. The number of nitrogens with zero attached hydrogens (tertiary/aromatic N) is 2. The highest BCUT2D eigenvalue weighted by Gasteiger charge is 2.35. The van der Waals surface area contributed by atoms with Crippen LogP contribution in [0.2, 0.25) is 0 Å². The molecule has 1 atom stereocenters. The third-order valence-corrected chi connectivity index (χ3v) is 9.12. The van der Waals surface area contributed by atoms with Crippen molar-refractivity contribution in [3.8, 4) is 5.75 Å². The van der Waals surface area contributed by atoms with Crippen molar-refractivity contribution in [2.45, 2.75) is 26.5 Å². The third-order valence-electron chi connectivity index (χ3n) is 7.21. The molecule has 0 amide bonds. The number of carbonyl (C=O) groups excluding carboxylic acids is 2. The number of carbonyl (C=O) groups is 2. The van der Waals surface area contributed by atoms with E-state index in [2.05, 4.69) is 0 Å². The number of benzene rings is 3. The molecule has 0 fully saturated rings. The van der Waals surface area contributed by atoms with Crippen LogP contribution < -0.4 is 19.6 Å². The highest BCUT2D eigenvalue weighted by atomic mass is 32.1. The second-order valence-corrected chi connectivity index (χ2v) is 12.2. The van der Waals surface area contributed by atoms with Crippen LogP contribution in [0.15, 0.2) is 112 Å². The van der Waals surface area contributed by atoms with Gasteiger partial charge in [-0.15, -0.1) is 11.3 Å². The lowest BCUT2D eigenvalue weighted by Gasteiger charge is -2.24. The molecule has 5 aromatic rings. The van der Waals surface area contributed by atoms with Crippen molar-refractivity contribution in [2.75, 3.05) is 13.2 Å². The Morgan fingerprint density at radius 1 is 0.891 bits per heavy atom. The highest BCUT2D eigenvalue weighted by molar-refractivity contribution is 7.10. The summed E-state index contributed by atoms with van der Waals surface area (Å²) in [6.07, 6.45) is 1.81. The van der Waals surface area contributed by atoms with Crippen LogP contribution in [0, 0.1) is 0 Å². The first kappa shape index (κ1) is 30.9. The molecule has 0 saturated carbocycles. The maximum absolute atomic E-state index is 14.1. The first-order chi connectivity index (χ1) is 22.5. The topological polar surface area (TPSA) is 96.2 Å². The van der Waals surface area contributed by atoms with Gasteiger partial charge in [0.15, 0.2) is 4.80 Å². The van der Waals surface area contributed by atoms with Crippen LogP contribution in [0.4, 0.5) is 0 Å². The summed E-state index contributed by atoms with van der Waals surface area (Å²) in [6.45, 7) is 4.35. The van der Waals surface area contributed by atoms with Crippen LogP contribution in [0.1, 0.15) is 51.8 Å². The molecule has 3 aromatic carbocycles. The van der Waals surface area contributed by atoms with Crippen LogP contribution in [0.3, 0.4) is 0 Å². The summed E-state index contributed by atoms with van der Waals surface area (Å²) in [6, 6.07) is 27.2. The molecule has 6 rings (SSSR count). The van der Waals surface area contributed by atoms with Gasteiger partial charge in [-0.1, -0.05) is 72.0 Å². The minimum atomic E-state index is -0.683. The monoisotopic (exact) mass is 650 g/mol. The number of fused-ring (bicyclic) bond motifs is 1. The predicted octanol–water partition coefficient (Wildman–Crippen LogP) is 5.75. The van der Waals surface area contributed by atoms with Gasteiger partial charge in [0, 0.05) is 10.4 Å². The SMILES string of the molecule is CCOC(=O)C1=C(c2ccccc2)N=c2s/c(=C\c3cccc(OCc4ccc(C(=O)OCC)cc4)c3)c(=O)n2[C@H]1c1cccs1. The molecular weight excluding hydrogens is 621 g/mol. The van der Waals surface area contributed by atoms with E-state index in [0.717, 1.165) is 21.6 Å². The van der Waals surface area contributed by atoms with E-state index in [1.165, 1.54) is 22.7 Å². The van der Waals surface area contributed by atoms with Gasteiger partial charge in [0.1, 0.15) is 18.4 Å². The van der Waals surface area contributed by atoms with Gasteiger partial charge in [-0.05, 0) is 66.8 Å². The Morgan fingerprint density at radius 3 is 2.37 bits per heavy atom. The average Bonchev–Trinajstić information content (AvgIpc) is 3.72. The number of thiophene rings is 1. The molecular formula is C36H30N2O6S2. The van der Waals surface area contributed by atoms with Crippen LogP contribution in [-0.4, -0.2) is 29.7 Å². The molecule has 46 heavy (non-hydrogen) atoms. The summed E-state index contributed by atoms with van der Waals surface area (Å²) >= 11 is 2.75. The molecule has 3 heterocycles. The number of hydrogen-bond donors (Lipinski definition) is 0. The molecule has 0 spiro atoms. The summed E-state index contributed by atoms with van der Waals surface area (Å²) in [5, 5.41) is 1.93. The number of rotatable bonds is 10. The van der Waals surface area contributed by atoms with Gasteiger partial charge in [0.2, 0.25) is 0 Å². The Balaban J connectivity index is 1.36. The zero-order valence-corrected chi connectivity index (χ0v) is 26.8. The third kappa shape index (κ3) is 6.49. The van der Waals surface area contributed by atoms with Gasteiger partial charge < -0.3 is 14.2 Å². The maximum Gasteiger partial charge on any atom is 0.338 e. The van der Waals surface area contributed by atoms with Crippen molar-refractivity contribution in [2.24, 2.45) is 4.99 Å². The van der Waals surface area contributed by atoms with Gasteiger partial charge in [0.05, 0.1) is 34.6 Å². The lowest BCUT2D eigenvalue weighted by molar-refractivity contribution is -0.138. The summed E-state index contributed by atoms with van der Waals surface area (Å²) in [5.74, 6) is -0.232. The smallest absolute Gasteiger partial charge is 0.338 e. The van der Waals surface area contributed by atoms with E-state index < -0.39 is 12.0 Å². The number of hydrogen-bond acceptors (Lipinski definition) is 9. The number of esters is 2. The fraction of sp³-hybridized carbons (Fsp3) is 0.167. The van der Waals surface area contributed by atoms with Crippen molar-refractivity contribution in [1.29, 1.82) is 0 Å². The van der Waals surface area contributed by atoms with Gasteiger partial charge >= 0.3 is 11.9 Å². The van der Waals surface area contributed by atoms with E-state index in [1.807, 2.05) is 90.3 Å². The average molecular weight is 651 g/mol. The molecule has 2 aromatic heterocycles. The predicted molar refractivity (Wildman–Crippen MR) is 179 cm³/mol. The van der Waals surface area contributed by atoms with E-state index in [1.54, 1.807) is 30.5 Å². The maximum atomic E-state index is 14.1. The number of thiazole rings is 1. The van der Waals surface area contributed by atoms with Gasteiger partial charge in [-0.25, -0.2) is 14.6 Å². The minimum Gasteiger partial charge on any atom is -0.489 e. The van der Waals surface area contributed by atoms with E-state index in [4.69, 9.17) is 19.2 Å². The molecule has 8 nitrogen and oxygen atoms in total. The molecule has 0 radical (unpaired) electrons. The normalized spacial score (nSPS) is 14.4. The minimum absolute atomic E-state index is 0.198. The van der Waals surface area contributed by atoms with Crippen molar-refractivity contribution >= 4 is 46.4 Å². The lowest BCUT2D eigenvalue weighted by atomic mass is 9.97. The largest absolute Gasteiger partial charge is 0.489 e. The Kier molecular flexibility index (Phi) is 9.37. The zero-order valence-electron chi connectivity index (χ0n) is 25.2. The second-order valence-electron chi connectivity index (χ2n) is 10.2. The molecule has 0 unspecified atom stereocenters. The summed E-state index contributed by atoms with van der Waals surface area (Å²) < 4.78 is 18.7. The standard InChI is InChI=1S/C36H30N2O6S2/c1-3-42-34(40)26-17-15-23(16-18-26)22-44-27-13-8-10-24(20-27)21-29-33(39)38-32(28-14-9-19-45-28)30(35(41)43-4-2)31(37-36(38)46-29)25-11-6-5-7-12-25/h5-21,32H,3-4,22H2,1-2H3/b29-21-/t32-/m0/s1. The van der Waals surface area contributed by atoms with Gasteiger partial charge in [0.25, 0.3) is 5.56 Å². The first-order valence-corrected chi connectivity index (χ1v) is 16.5. The Labute approximate surface area is 273 Å². The van der Waals surface area contributed by atoms with Crippen LogP contribution in [0.25, 0.3) is 11.8 Å². The molecule has 0 bridgehead atoms. The Morgan fingerprint density at radius 2 is 1.65 bits per heavy atom. The highest BCUT2D eigenvalue weighted by Crippen LogP contribution is 2.36. The van der Waals surface area contributed by atoms with Crippen molar-refractivity contribution < 1.29 is 23.8 Å². The van der Waals surface area contributed by atoms with E-state index in [-0.39, 0.29) is 18.1 Å². The van der Waals surface area contributed by atoms with Crippen molar-refractivity contribution in [3.63, 3.8) is 0 Å². The van der Waals surface area contributed by atoms with Crippen LogP contribution >= 0.6 is 22.7 Å². The summed E-state index contributed by atoms with van der Waals surface area (Å²) in [7, 11) is 0. The molecule has 0 aliphatic carbocycles. The quantitative estimate of drug-likeness (QED) is 0.179. The van der Waals surface area contributed by atoms with E-state index >= 15 is 0 Å². The van der Waals surface area contributed by atoms with Crippen molar-refractivity contribution in [3.05, 3.63) is 149 Å². The van der Waals surface area contributed by atoms with E-state index in [0.29, 0.717) is 45.1 Å². The van der Waals surface area contributed by atoms with Crippen LogP contribution in [-0.2, 0) is 20.9 Å². The zero-order chi connectivity index (χ0) is 32.0. The van der Waals surface area contributed by atoms with Gasteiger partial charge in [-0.3, -0.25) is 9.36 Å². The van der Waals surface area contributed by atoms with Gasteiger partial charge in [-0.2, -0.15) is 0 Å². The second kappa shape index (κ2) is 13.9. The number of aromatic nitrogens is 1. The fourth-order valence-electron chi connectivity index (χ4n) is 5.12. The van der Waals surface area contributed by atoms with Crippen molar-refractivity contribution in [1.82, 2.24) is 4.57 Å². The van der Waals surface area contributed by atoms with Crippen LogP contribution in [0.5, 0.6) is 5.75 Å². The Hall–Kier alpha value is -5.06. The lowest BCUT2D eigenvalue weighted by Crippen LogP contribution is -2.39. The summed E-state index contributed by atoms with van der Waals surface area (Å²) in [5.41, 5.74) is 3.51. The summed E-state index contributed by atoms with van der Waals surface area (Å²) in [4.78, 5) is 45.7. The molecule has 0 N–H and O–H groups in total. The molecule has 1 aliphatic rings. The molecule has 1 aliphatic heterocycles. The fourth-order valence-corrected chi connectivity index (χ4v) is 6.94. The number of ether oxygens (including phenoxy) is 3. The molecule has 232 valence electrons.